The van der Waals surface area contributed by atoms with Crippen LogP contribution in [0, 0.1) is 6.92 Å². The van der Waals surface area contributed by atoms with Gasteiger partial charge in [-0.25, -0.2) is 0 Å². The van der Waals surface area contributed by atoms with Gasteiger partial charge < -0.3 is 9.47 Å². The zero-order chi connectivity index (χ0) is 25.9. The number of nitrogens with zero attached hydrogens (tertiary/aromatic N) is 1. The molecular weight excluding hydrogens is 481 g/mol. The lowest BCUT2D eigenvalue weighted by Gasteiger charge is -2.17. The molecular formula is C27H22F5NO3. The number of rotatable bonds is 6. The molecule has 1 saturated carbocycles. The van der Waals surface area contributed by atoms with Crippen LogP contribution >= 0.6 is 0 Å². The number of hydrogen-bond acceptors (Lipinski definition) is 4. The highest BCUT2D eigenvalue weighted by molar-refractivity contribution is 5.94. The molecule has 188 valence electrons. The van der Waals surface area contributed by atoms with Gasteiger partial charge >= 0.3 is 12.5 Å². The molecule has 2 aliphatic rings. The number of alkyl halides is 5. The number of halogens is 5. The molecule has 2 heterocycles. The maximum atomic E-state index is 13.4. The van der Waals surface area contributed by atoms with E-state index in [1.54, 1.807) is 37.3 Å². The largest absolute Gasteiger partial charge is 0.586 e. The molecule has 1 aliphatic carbocycles. The Balaban J connectivity index is 1.39. The molecule has 0 amide bonds. The van der Waals surface area contributed by atoms with Gasteiger partial charge in [0.2, 0.25) is 0 Å². The molecule has 1 fully saturated rings. The second-order valence-corrected chi connectivity index (χ2v) is 9.37. The van der Waals surface area contributed by atoms with E-state index in [0.717, 1.165) is 12.5 Å². The molecule has 0 saturated heterocycles. The van der Waals surface area contributed by atoms with Gasteiger partial charge in [0.25, 0.3) is 0 Å². The maximum absolute atomic E-state index is 13.4. The van der Waals surface area contributed by atoms with Crippen LogP contribution in [0.2, 0.25) is 0 Å². The summed E-state index contributed by atoms with van der Waals surface area (Å²) in [6, 6.07) is 14.1. The molecule has 0 N–H and O–H groups in total. The lowest BCUT2D eigenvalue weighted by atomic mass is 9.88. The van der Waals surface area contributed by atoms with Crippen molar-refractivity contribution in [2.45, 2.75) is 56.9 Å². The minimum atomic E-state index is -4.36. The van der Waals surface area contributed by atoms with E-state index in [0.29, 0.717) is 35.4 Å². The van der Waals surface area contributed by atoms with E-state index in [-0.39, 0.29) is 29.3 Å². The van der Waals surface area contributed by atoms with Crippen LogP contribution in [0.5, 0.6) is 11.5 Å². The smallest absolute Gasteiger partial charge is 0.395 e. The van der Waals surface area contributed by atoms with Gasteiger partial charge in [0, 0.05) is 17.7 Å². The van der Waals surface area contributed by atoms with Gasteiger partial charge in [-0.15, -0.1) is 8.78 Å². The zero-order valence-electron chi connectivity index (χ0n) is 19.5. The van der Waals surface area contributed by atoms with Crippen LogP contribution in [0.1, 0.15) is 48.1 Å². The number of Topliss-reactive ketones (excluding diaryl/α,β-unsaturated/α-hetero) is 1. The van der Waals surface area contributed by atoms with Crippen molar-refractivity contribution >= 4 is 5.78 Å². The Hall–Kier alpha value is -3.49. The molecule has 2 aromatic carbocycles. The minimum absolute atomic E-state index is 0.00345. The summed E-state index contributed by atoms with van der Waals surface area (Å²) in [5, 5.41) is 0. The van der Waals surface area contributed by atoms with Crippen molar-refractivity contribution in [3.63, 3.8) is 0 Å². The molecule has 3 aromatic rings. The zero-order valence-corrected chi connectivity index (χ0v) is 19.5. The predicted octanol–water partition coefficient (Wildman–Crippen LogP) is 6.89. The van der Waals surface area contributed by atoms with E-state index in [2.05, 4.69) is 14.5 Å². The fourth-order valence-corrected chi connectivity index (χ4v) is 4.54. The van der Waals surface area contributed by atoms with Crippen molar-refractivity contribution < 1.29 is 36.2 Å². The fourth-order valence-electron chi connectivity index (χ4n) is 4.54. The summed E-state index contributed by atoms with van der Waals surface area (Å²) >= 11 is 0. The minimum Gasteiger partial charge on any atom is -0.395 e. The number of pyridine rings is 1. The van der Waals surface area contributed by atoms with Crippen LogP contribution in [0.3, 0.4) is 0 Å². The van der Waals surface area contributed by atoms with Crippen molar-refractivity contribution in [2.75, 3.05) is 0 Å². The van der Waals surface area contributed by atoms with E-state index in [1.165, 1.54) is 24.3 Å². The number of carbonyl (C=O) groups is 1. The summed E-state index contributed by atoms with van der Waals surface area (Å²) in [6.45, 7) is 2.92. The second kappa shape index (κ2) is 8.28. The summed E-state index contributed by atoms with van der Waals surface area (Å²) in [7, 11) is 0. The summed E-state index contributed by atoms with van der Waals surface area (Å²) in [5.74, 6) is -1.94. The van der Waals surface area contributed by atoms with Crippen LogP contribution in [0.15, 0.2) is 54.6 Å². The molecule has 5 rings (SSSR count). The van der Waals surface area contributed by atoms with Gasteiger partial charge in [0.05, 0.1) is 17.0 Å². The molecule has 4 nitrogen and oxygen atoms in total. The van der Waals surface area contributed by atoms with Crippen LogP contribution in [-0.4, -0.2) is 23.2 Å². The molecule has 1 aliphatic heterocycles. The van der Waals surface area contributed by atoms with E-state index in [9.17, 15) is 26.7 Å². The number of carbonyl (C=O) groups excluding carboxylic acids is 1. The fraction of sp³-hybridized carbons (Fsp3) is 0.333. The monoisotopic (exact) mass is 503 g/mol. The molecule has 0 radical (unpaired) electrons. The first-order valence-corrected chi connectivity index (χ1v) is 11.5. The Bertz CT molecular complexity index is 1350. The molecule has 0 bridgehead atoms. The van der Waals surface area contributed by atoms with Crippen molar-refractivity contribution in [1.82, 2.24) is 4.98 Å². The summed E-state index contributed by atoms with van der Waals surface area (Å²) in [6.07, 6.45) is -6.97. The third-order valence-electron chi connectivity index (χ3n) is 6.88. The lowest BCUT2D eigenvalue weighted by Crippen LogP contribution is -2.26. The average molecular weight is 503 g/mol. The highest BCUT2D eigenvalue weighted by Crippen LogP contribution is 2.52. The van der Waals surface area contributed by atoms with Gasteiger partial charge in [-0.1, -0.05) is 30.3 Å². The number of ether oxygens (including phenoxy) is 2. The van der Waals surface area contributed by atoms with Gasteiger partial charge in [-0.3, -0.25) is 9.78 Å². The first kappa shape index (κ1) is 24.2. The number of aryl methyl sites for hydroxylation is 1. The second-order valence-electron chi connectivity index (χ2n) is 9.37. The first-order valence-electron chi connectivity index (χ1n) is 11.5. The first-order chi connectivity index (χ1) is 16.9. The van der Waals surface area contributed by atoms with Crippen LogP contribution in [0.4, 0.5) is 22.0 Å². The third-order valence-corrected chi connectivity index (χ3v) is 6.88. The summed E-state index contributed by atoms with van der Waals surface area (Å²) < 4.78 is 75.4. The predicted molar refractivity (Wildman–Crippen MR) is 121 cm³/mol. The molecule has 1 unspecified atom stereocenters. The standard InChI is InChI=1S/C27H22F5NO3/c1-15-6-8-20(33-24(15)18-5-3-4-17(12-18)16(2)26(28,29)30)14-23(34)25(10-11-25)19-7-9-21-22(13-19)36-27(31,32)35-21/h3-9,12-13,16H,10-11,14H2,1-2H3. The quantitative estimate of drug-likeness (QED) is 0.344. The van der Waals surface area contributed by atoms with Crippen LogP contribution in [0.25, 0.3) is 11.3 Å². The normalized spacial score (nSPS) is 18.1. The molecule has 36 heavy (non-hydrogen) atoms. The van der Waals surface area contributed by atoms with Gasteiger partial charge in [-0.2, -0.15) is 13.2 Å². The highest BCUT2D eigenvalue weighted by atomic mass is 19.4. The van der Waals surface area contributed by atoms with Crippen molar-refractivity contribution in [2.24, 2.45) is 0 Å². The number of ketones is 1. The topological polar surface area (TPSA) is 48.4 Å². The van der Waals surface area contributed by atoms with E-state index < -0.39 is 23.8 Å². The van der Waals surface area contributed by atoms with Crippen molar-refractivity contribution in [3.05, 3.63) is 77.0 Å². The highest BCUT2D eigenvalue weighted by Gasteiger charge is 2.52. The molecule has 1 atom stereocenters. The van der Waals surface area contributed by atoms with Crippen LogP contribution < -0.4 is 9.47 Å². The van der Waals surface area contributed by atoms with Crippen molar-refractivity contribution in [3.8, 4) is 22.8 Å². The number of hydrogen-bond donors (Lipinski definition) is 0. The average Bonchev–Trinajstić information content (AvgIpc) is 3.56. The van der Waals surface area contributed by atoms with Crippen molar-refractivity contribution in [1.29, 1.82) is 0 Å². The maximum Gasteiger partial charge on any atom is 0.586 e. The SMILES string of the molecule is Cc1ccc(CC(=O)C2(c3ccc4c(c3)OC(F)(F)O4)CC2)nc1-c1cccc(C(C)C(F)(F)F)c1. The Morgan fingerprint density at radius 1 is 1.03 bits per heavy atom. The van der Waals surface area contributed by atoms with E-state index in [4.69, 9.17) is 0 Å². The van der Waals surface area contributed by atoms with Gasteiger partial charge in [0.1, 0.15) is 5.78 Å². The number of fused-ring (bicyclic) bond motifs is 1. The Morgan fingerprint density at radius 3 is 2.44 bits per heavy atom. The summed E-state index contributed by atoms with van der Waals surface area (Å²) in [5.41, 5.74) is 2.18. The lowest BCUT2D eigenvalue weighted by molar-refractivity contribution is -0.286. The van der Waals surface area contributed by atoms with Crippen LogP contribution in [-0.2, 0) is 16.6 Å². The molecule has 1 aromatic heterocycles. The Kier molecular flexibility index (Phi) is 5.57. The molecule has 9 heteroatoms. The summed E-state index contributed by atoms with van der Waals surface area (Å²) in [4.78, 5) is 17.9. The number of aromatic nitrogens is 1. The van der Waals surface area contributed by atoms with E-state index in [1.807, 2.05) is 0 Å². The number of benzene rings is 2. The Labute approximate surface area is 204 Å². The third kappa shape index (κ3) is 4.42. The van der Waals surface area contributed by atoms with Gasteiger partial charge in [-0.05, 0) is 67.6 Å². The van der Waals surface area contributed by atoms with E-state index >= 15 is 0 Å². The Morgan fingerprint density at radius 2 is 1.75 bits per heavy atom. The van der Waals surface area contributed by atoms with Gasteiger partial charge in [0.15, 0.2) is 11.5 Å². The molecule has 0 spiro atoms.